The first kappa shape index (κ1) is 12.3. The Labute approximate surface area is 105 Å². The minimum absolute atomic E-state index is 0.00586. The van der Waals surface area contributed by atoms with Gasteiger partial charge in [0, 0.05) is 26.5 Å². The summed E-state index contributed by atoms with van der Waals surface area (Å²) < 4.78 is 7.34. The highest BCUT2D eigenvalue weighted by atomic mass is 16.5. The van der Waals surface area contributed by atoms with Crippen molar-refractivity contribution in [3.63, 3.8) is 0 Å². The van der Waals surface area contributed by atoms with Crippen LogP contribution in [-0.2, 0) is 7.05 Å². The molecule has 0 aliphatic heterocycles. The highest BCUT2D eigenvalue weighted by Gasteiger charge is 2.12. The van der Waals surface area contributed by atoms with E-state index in [0.717, 1.165) is 0 Å². The first-order chi connectivity index (χ1) is 8.60. The van der Waals surface area contributed by atoms with Crippen LogP contribution in [-0.4, -0.2) is 37.7 Å². The van der Waals surface area contributed by atoms with Crippen molar-refractivity contribution in [3.8, 4) is 17.7 Å². The summed E-state index contributed by atoms with van der Waals surface area (Å²) in [7, 11) is 3.63. The van der Waals surface area contributed by atoms with Gasteiger partial charge in [0.05, 0.1) is 6.10 Å². The Hall–Kier alpha value is -2.18. The van der Waals surface area contributed by atoms with Crippen molar-refractivity contribution in [3.05, 3.63) is 12.4 Å². The molecule has 2 aromatic heterocycles. The topological polar surface area (TPSA) is 77.8 Å². The molecular weight excluding hydrogens is 232 g/mol. The van der Waals surface area contributed by atoms with Crippen LogP contribution in [0, 0.1) is 0 Å². The summed E-state index contributed by atoms with van der Waals surface area (Å²) in [5.74, 6) is 1.61. The fraction of sp³-hybridized carbons (Fsp3) is 0.455. The van der Waals surface area contributed by atoms with Crippen LogP contribution in [0.15, 0.2) is 12.4 Å². The third kappa shape index (κ3) is 2.55. The minimum Gasteiger partial charge on any atom is -0.461 e. The Morgan fingerprint density at radius 1 is 1.28 bits per heavy atom. The molecular formula is C11H16N6O. The van der Waals surface area contributed by atoms with Crippen LogP contribution >= 0.6 is 0 Å². The van der Waals surface area contributed by atoms with Crippen molar-refractivity contribution < 1.29 is 4.74 Å². The maximum Gasteiger partial charge on any atom is 0.322 e. The lowest BCUT2D eigenvalue weighted by Gasteiger charge is -2.10. The zero-order chi connectivity index (χ0) is 13.1. The van der Waals surface area contributed by atoms with Crippen molar-refractivity contribution in [1.82, 2.24) is 24.5 Å². The zero-order valence-corrected chi connectivity index (χ0v) is 10.9. The lowest BCUT2D eigenvalue weighted by molar-refractivity contribution is 0.222. The number of rotatable bonds is 4. The van der Waals surface area contributed by atoms with E-state index in [1.165, 1.54) is 0 Å². The molecule has 2 rings (SSSR count). The fourth-order valence-electron chi connectivity index (χ4n) is 1.41. The van der Waals surface area contributed by atoms with Crippen LogP contribution in [0.1, 0.15) is 13.8 Å². The third-order valence-corrected chi connectivity index (χ3v) is 2.20. The van der Waals surface area contributed by atoms with E-state index in [0.29, 0.717) is 23.6 Å². The number of nitrogens with zero attached hydrogens (tertiary/aromatic N) is 5. The van der Waals surface area contributed by atoms with Crippen LogP contribution < -0.4 is 10.1 Å². The molecule has 0 amide bonds. The zero-order valence-electron chi connectivity index (χ0n) is 10.9. The molecule has 0 aliphatic carbocycles. The molecule has 1 N–H and O–H groups in total. The smallest absolute Gasteiger partial charge is 0.322 e. The maximum atomic E-state index is 5.50. The Morgan fingerprint density at radius 2 is 2.06 bits per heavy atom. The van der Waals surface area contributed by atoms with Crippen molar-refractivity contribution in [1.29, 1.82) is 0 Å². The molecule has 0 spiro atoms. The SMILES string of the molecule is CNc1nc(OC(C)C)nc(-c2nccn2C)n1. The lowest BCUT2D eigenvalue weighted by Crippen LogP contribution is -2.11. The van der Waals surface area contributed by atoms with Gasteiger partial charge in [-0.25, -0.2) is 4.98 Å². The number of imidazole rings is 1. The minimum atomic E-state index is 0.00586. The van der Waals surface area contributed by atoms with Gasteiger partial charge < -0.3 is 14.6 Å². The molecule has 18 heavy (non-hydrogen) atoms. The Balaban J connectivity index is 2.44. The van der Waals surface area contributed by atoms with Gasteiger partial charge in [-0.05, 0) is 13.8 Å². The summed E-state index contributed by atoms with van der Waals surface area (Å²) >= 11 is 0. The molecule has 0 saturated heterocycles. The molecule has 0 aromatic carbocycles. The molecule has 0 radical (unpaired) electrons. The number of anilines is 1. The van der Waals surface area contributed by atoms with Crippen molar-refractivity contribution in [2.24, 2.45) is 7.05 Å². The van der Waals surface area contributed by atoms with Gasteiger partial charge in [0.15, 0.2) is 5.82 Å². The summed E-state index contributed by atoms with van der Waals surface area (Å²) in [6.07, 6.45) is 3.54. The molecule has 0 aliphatic rings. The predicted molar refractivity (Wildman–Crippen MR) is 67.3 cm³/mol. The van der Waals surface area contributed by atoms with Crippen LogP contribution in [0.3, 0.4) is 0 Å². The summed E-state index contributed by atoms with van der Waals surface area (Å²) in [5, 5.41) is 2.88. The second kappa shape index (κ2) is 4.99. The fourth-order valence-corrected chi connectivity index (χ4v) is 1.41. The average molecular weight is 248 g/mol. The number of aromatic nitrogens is 5. The molecule has 0 bridgehead atoms. The summed E-state index contributed by atoms with van der Waals surface area (Å²) in [6.45, 7) is 3.84. The summed E-state index contributed by atoms with van der Waals surface area (Å²) in [5.41, 5.74) is 0. The molecule has 0 atom stereocenters. The lowest BCUT2D eigenvalue weighted by atomic mass is 10.5. The number of ether oxygens (including phenoxy) is 1. The molecule has 7 heteroatoms. The molecule has 7 nitrogen and oxygen atoms in total. The molecule has 0 unspecified atom stereocenters. The molecule has 2 heterocycles. The van der Waals surface area contributed by atoms with Crippen LogP contribution in [0.2, 0.25) is 0 Å². The second-order valence-electron chi connectivity index (χ2n) is 4.04. The van der Waals surface area contributed by atoms with Crippen LogP contribution in [0.4, 0.5) is 5.95 Å². The van der Waals surface area contributed by atoms with E-state index in [-0.39, 0.29) is 6.10 Å². The van der Waals surface area contributed by atoms with Crippen LogP contribution in [0.5, 0.6) is 6.01 Å². The van der Waals surface area contributed by atoms with Gasteiger partial charge in [-0.3, -0.25) is 0 Å². The van der Waals surface area contributed by atoms with Gasteiger partial charge in [0.2, 0.25) is 11.8 Å². The number of aryl methyl sites for hydroxylation is 1. The Morgan fingerprint density at radius 3 is 2.61 bits per heavy atom. The normalized spacial score (nSPS) is 10.7. The summed E-state index contributed by atoms with van der Waals surface area (Å²) in [6, 6.07) is 0.294. The van der Waals surface area contributed by atoms with Gasteiger partial charge in [0.25, 0.3) is 0 Å². The molecule has 0 saturated carbocycles. The van der Waals surface area contributed by atoms with Gasteiger partial charge >= 0.3 is 6.01 Å². The first-order valence-electron chi connectivity index (χ1n) is 5.68. The molecule has 0 fully saturated rings. The highest BCUT2D eigenvalue weighted by molar-refractivity contribution is 5.47. The van der Waals surface area contributed by atoms with Gasteiger partial charge in [0.1, 0.15) is 0 Å². The molecule has 96 valence electrons. The predicted octanol–water partition coefficient (Wildman–Crippen LogP) is 1.10. The van der Waals surface area contributed by atoms with Crippen LogP contribution in [0.25, 0.3) is 11.6 Å². The van der Waals surface area contributed by atoms with Gasteiger partial charge in [-0.2, -0.15) is 15.0 Å². The quantitative estimate of drug-likeness (QED) is 0.873. The van der Waals surface area contributed by atoms with E-state index in [1.807, 2.05) is 31.7 Å². The monoisotopic (exact) mass is 248 g/mol. The first-order valence-corrected chi connectivity index (χ1v) is 5.68. The largest absolute Gasteiger partial charge is 0.461 e. The van der Waals surface area contributed by atoms with Crippen molar-refractivity contribution in [2.45, 2.75) is 20.0 Å². The van der Waals surface area contributed by atoms with E-state index in [4.69, 9.17) is 4.74 Å². The van der Waals surface area contributed by atoms with E-state index >= 15 is 0 Å². The second-order valence-corrected chi connectivity index (χ2v) is 4.04. The van der Waals surface area contributed by atoms with Gasteiger partial charge in [-0.15, -0.1) is 0 Å². The third-order valence-electron chi connectivity index (χ3n) is 2.20. The molecule has 2 aromatic rings. The highest BCUT2D eigenvalue weighted by Crippen LogP contribution is 2.16. The summed E-state index contributed by atoms with van der Waals surface area (Å²) in [4.78, 5) is 16.9. The number of hydrogen-bond donors (Lipinski definition) is 1. The van der Waals surface area contributed by atoms with E-state index in [1.54, 1.807) is 13.2 Å². The number of nitrogens with one attached hydrogen (secondary N) is 1. The van der Waals surface area contributed by atoms with E-state index in [9.17, 15) is 0 Å². The standard InChI is InChI=1S/C11H16N6O/c1-7(2)18-11-15-8(14-10(12-3)16-11)9-13-5-6-17(9)4/h5-7H,1-4H3,(H,12,14,15,16). The van der Waals surface area contributed by atoms with E-state index in [2.05, 4.69) is 25.3 Å². The maximum absolute atomic E-state index is 5.50. The van der Waals surface area contributed by atoms with Crippen molar-refractivity contribution >= 4 is 5.95 Å². The average Bonchev–Trinajstić information content (AvgIpc) is 2.74. The van der Waals surface area contributed by atoms with Crippen molar-refractivity contribution in [2.75, 3.05) is 12.4 Å². The number of hydrogen-bond acceptors (Lipinski definition) is 6. The Kier molecular flexibility index (Phi) is 3.40. The Bertz CT molecular complexity index is 536. The van der Waals surface area contributed by atoms with Gasteiger partial charge in [-0.1, -0.05) is 0 Å². The van der Waals surface area contributed by atoms with E-state index < -0.39 is 0 Å².